The second kappa shape index (κ2) is 3.83. The highest BCUT2D eigenvalue weighted by Gasteiger charge is 2.04. The quantitative estimate of drug-likeness (QED) is 0.668. The first-order valence-corrected chi connectivity index (χ1v) is 3.81. The highest BCUT2D eigenvalue weighted by atomic mass is 15.5. The van der Waals surface area contributed by atoms with Crippen molar-refractivity contribution in [3.8, 4) is 6.07 Å². The number of nitriles is 1. The van der Waals surface area contributed by atoms with E-state index in [1.165, 1.54) is 6.20 Å². The first-order valence-electron chi connectivity index (χ1n) is 3.81. The largest absolute Gasteiger partial charge is 0.302 e. The number of aromatic nitrogens is 2. The molecular weight excluding hydrogens is 166 g/mol. The standard InChI is InChI=1S/C8H11N5/c1-6-10-5-7(4-9)8(11-6)12-13(2)3/h5H,1-3H3,(H,10,11,12). The summed E-state index contributed by atoms with van der Waals surface area (Å²) < 4.78 is 0. The molecule has 5 heteroatoms. The Labute approximate surface area is 77.0 Å². The number of aryl methyl sites for hydroxylation is 1. The molecular formula is C8H11N5. The molecule has 0 aliphatic carbocycles. The Morgan fingerprint density at radius 2 is 2.23 bits per heavy atom. The van der Waals surface area contributed by atoms with E-state index < -0.39 is 0 Å². The number of nitrogens with one attached hydrogen (secondary N) is 1. The Morgan fingerprint density at radius 3 is 2.77 bits per heavy atom. The normalized spacial score (nSPS) is 9.77. The van der Waals surface area contributed by atoms with E-state index in [4.69, 9.17) is 5.26 Å². The van der Waals surface area contributed by atoms with Crippen LogP contribution in [0.25, 0.3) is 0 Å². The van der Waals surface area contributed by atoms with Gasteiger partial charge in [0.05, 0.1) is 6.20 Å². The zero-order valence-corrected chi connectivity index (χ0v) is 7.87. The van der Waals surface area contributed by atoms with E-state index in [2.05, 4.69) is 15.4 Å². The molecule has 0 saturated carbocycles. The maximum Gasteiger partial charge on any atom is 0.162 e. The Kier molecular flexibility index (Phi) is 2.77. The second-order valence-corrected chi connectivity index (χ2v) is 2.80. The molecule has 1 aromatic heterocycles. The molecule has 0 bridgehead atoms. The summed E-state index contributed by atoms with van der Waals surface area (Å²) in [5, 5.41) is 10.5. The average molecular weight is 177 g/mol. The van der Waals surface area contributed by atoms with Crippen molar-refractivity contribution < 1.29 is 0 Å². The summed E-state index contributed by atoms with van der Waals surface area (Å²) in [6.45, 7) is 1.78. The van der Waals surface area contributed by atoms with Gasteiger partial charge in [-0.1, -0.05) is 0 Å². The van der Waals surface area contributed by atoms with Gasteiger partial charge in [0.1, 0.15) is 17.5 Å². The summed E-state index contributed by atoms with van der Waals surface area (Å²) >= 11 is 0. The minimum atomic E-state index is 0.444. The lowest BCUT2D eigenvalue weighted by Crippen LogP contribution is -2.21. The van der Waals surface area contributed by atoms with E-state index >= 15 is 0 Å². The predicted molar refractivity (Wildman–Crippen MR) is 48.8 cm³/mol. The summed E-state index contributed by atoms with van der Waals surface area (Å²) in [5.74, 6) is 1.18. The summed E-state index contributed by atoms with van der Waals surface area (Å²) in [4.78, 5) is 8.02. The van der Waals surface area contributed by atoms with Gasteiger partial charge in [0.2, 0.25) is 0 Å². The van der Waals surface area contributed by atoms with Gasteiger partial charge in [-0.3, -0.25) is 0 Å². The van der Waals surface area contributed by atoms with Gasteiger partial charge in [-0.15, -0.1) is 0 Å². The highest BCUT2D eigenvalue weighted by molar-refractivity contribution is 5.49. The third kappa shape index (κ3) is 2.39. The molecule has 0 saturated heterocycles. The lowest BCUT2D eigenvalue weighted by Gasteiger charge is -2.13. The van der Waals surface area contributed by atoms with Crippen LogP contribution in [0.3, 0.4) is 0 Å². The maximum absolute atomic E-state index is 8.73. The van der Waals surface area contributed by atoms with Crippen molar-refractivity contribution in [2.24, 2.45) is 0 Å². The molecule has 0 spiro atoms. The van der Waals surface area contributed by atoms with Crippen LogP contribution in [0, 0.1) is 18.3 Å². The molecule has 1 heterocycles. The zero-order chi connectivity index (χ0) is 9.84. The Morgan fingerprint density at radius 1 is 1.54 bits per heavy atom. The van der Waals surface area contributed by atoms with Crippen LogP contribution in [-0.2, 0) is 0 Å². The fourth-order valence-corrected chi connectivity index (χ4v) is 0.849. The maximum atomic E-state index is 8.73. The van der Waals surface area contributed by atoms with Gasteiger partial charge in [0, 0.05) is 14.1 Å². The third-order valence-corrected chi connectivity index (χ3v) is 1.36. The highest BCUT2D eigenvalue weighted by Crippen LogP contribution is 2.09. The number of rotatable bonds is 2. The summed E-state index contributed by atoms with van der Waals surface area (Å²) in [7, 11) is 3.66. The van der Waals surface area contributed by atoms with Crippen molar-refractivity contribution in [1.82, 2.24) is 15.0 Å². The van der Waals surface area contributed by atoms with Gasteiger partial charge in [0.25, 0.3) is 0 Å². The van der Waals surface area contributed by atoms with E-state index in [1.54, 1.807) is 11.9 Å². The first-order chi connectivity index (χ1) is 6.13. The molecule has 0 atom stereocenters. The number of anilines is 1. The molecule has 1 aromatic rings. The molecule has 0 amide bonds. The van der Waals surface area contributed by atoms with Gasteiger partial charge in [-0.25, -0.2) is 15.0 Å². The van der Waals surface area contributed by atoms with Crippen molar-refractivity contribution in [2.75, 3.05) is 19.5 Å². The van der Waals surface area contributed by atoms with Crippen molar-refractivity contribution in [3.63, 3.8) is 0 Å². The van der Waals surface area contributed by atoms with Crippen LogP contribution in [0.1, 0.15) is 11.4 Å². The molecule has 0 unspecified atom stereocenters. The Balaban J connectivity index is 3.03. The molecule has 1 rings (SSSR count). The summed E-state index contributed by atoms with van der Waals surface area (Å²) in [5.41, 5.74) is 3.37. The fourth-order valence-electron chi connectivity index (χ4n) is 0.849. The summed E-state index contributed by atoms with van der Waals surface area (Å²) in [6, 6.07) is 2.01. The van der Waals surface area contributed by atoms with Crippen LogP contribution in [0.5, 0.6) is 0 Å². The van der Waals surface area contributed by atoms with E-state index in [9.17, 15) is 0 Å². The minimum Gasteiger partial charge on any atom is -0.302 e. The van der Waals surface area contributed by atoms with Gasteiger partial charge < -0.3 is 5.43 Å². The minimum absolute atomic E-state index is 0.444. The lowest BCUT2D eigenvalue weighted by molar-refractivity contribution is 0.491. The molecule has 68 valence electrons. The van der Waals surface area contributed by atoms with Gasteiger partial charge >= 0.3 is 0 Å². The fraction of sp³-hybridized carbons (Fsp3) is 0.375. The molecule has 0 radical (unpaired) electrons. The topological polar surface area (TPSA) is 64.8 Å². The average Bonchev–Trinajstić information content (AvgIpc) is 2.03. The van der Waals surface area contributed by atoms with Crippen LogP contribution >= 0.6 is 0 Å². The van der Waals surface area contributed by atoms with Crippen LogP contribution < -0.4 is 5.43 Å². The second-order valence-electron chi connectivity index (χ2n) is 2.80. The smallest absolute Gasteiger partial charge is 0.162 e. The van der Waals surface area contributed by atoms with Gasteiger partial charge in [-0.05, 0) is 6.92 Å². The Hall–Kier alpha value is -1.67. The first kappa shape index (κ1) is 9.42. The Bertz CT molecular complexity index is 339. The van der Waals surface area contributed by atoms with Crippen LogP contribution in [0.4, 0.5) is 5.82 Å². The molecule has 0 fully saturated rings. The molecule has 1 N–H and O–H groups in total. The van der Waals surface area contributed by atoms with E-state index in [0.29, 0.717) is 17.2 Å². The molecule has 13 heavy (non-hydrogen) atoms. The van der Waals surface area contributed by atoms with E-state index in [-0.39, 0.29) is 0 Å². The lowest BCUT2D eigenvalue weighted by atomic mass is 10.3. The number of hydrogen-bond donors (Lipinski definition) is 1. The van der Waals surface area contributed by atoms with E-state index in [0.717, 1.165) is 0 Å². The molecule has 0 aliphatic heterocycles. The van der Waals surface area contributed by atoms with Crippen molar-refractivity contribution in [1.29, 1.82) is 5.26 Å². The number of hydrazine groups is 1. The number of nitrogens with zero attached hydrogens (tertiary/aromatic N) is 4. The SMILES string of the molecule is Cc1ncc(C#N)c(NN(C)C)n1. The van der Waals surface area contributed by atoms with Crippen LogP contribution in [-0.4, -0.2) is 29.1 Å². The predicted octanol–water partition coefficient (Wildman–Crippen LogP) is 0.545. The van der Waals surface area contributed by atoms with E-state index in [1.807, 2.05) is 20.2 Å². The monoisotopic (exact) mass is 177 g/mol. The third-order valence-electron chi connectivity index (χ3n) is 1.36. The van der Waals surface area contributed by atoms with Crippen LogP contribution in [0.15, 0.2) is 6.20 Å². The zero-order valence-electron chi connectivity index (χ0n) is 7.87. The van der Waals surface area contributed by atoms with Crippen LogP contribution in [0.2, 0.25) is 0 Å². The van der Waals surface area contributed by atoms with Crippen molar-refractivity contribution in [2.45, 2.75) is 6.92 Å². The van der Waals surface area contributed by atoms with Crippen molar-refractivity contribution in [3.05, 3.63) is 17.6 Å². The van der Waals surface area contributed by atoms with Gasteiger partial charge in [-0.2, -0.15) is 5.26 Å². The van der Waals surface area contributed by atoms with Gasteiger partial charge in [0.15, 0.2) is 5.82 Å². The molecule has 0 aliphatic rings. The van der Waals surface area contributed by atoms with Crippen molar-refractivity contribution >= 4 is 5.82 Å². The number of hydrogen-bond acceptors (Lipinski definition) is 5. The summed E-state index contributed by atoms with van der Waals surface area (Å²) in [6.07, 6.45) is 1.51. The molecule has 5 nitrogen and oxygen atoms in total. The molecule has 0 aromatic carbocycles.